The van der Waals surface area contributed by atoms with Crippen LogP contribution < -0.4 is 0 Å². The molecule has 1 amide bonds. The maximum absolute atomic E-state index is 12.1. The number of amides is 1. The van der Waals surface area contributed by atoms with Crippen LogP contribution in [0.5, 0.6) is 0 Å². The molecule has 2 heteroatoms. The lowest BCUT2D eigenvalue weighted by Crippen LogP contribution is -2.11. The van der Waals surface area contributed by atoms with Gasteiger partial charge in [-0.3, -0.25) is 4.79 Å². The summed E-state index contributed by atoms with van der Waals surface area (Å²) in [6.45, 7) is 0.831. The van der Waals surface area contributed by atoms with Gasteiger partial charge in [-0.25, -0.2) is 0 Å². The van der Waals surface area contributed by atoms with E-state index in [4.69, 9.17) is 0 Å². The van der Waals surface area contributed by atoms with E-state index < -0.39 is 0 Å². The molecule has 2 nitrogen and oxygen atoms in total. The van der Waals surface area contributed by atoms with E-state index in [1.54, 1.807) is 0 Å². The van der Waals surface area contributed by atoms with Crippen LogP contribution >= 0.6 is 0 Å². The molecular formula is C15H13NO. The molecule has 1 atom stereocenters. The Hall–Kier alpha value is -2.09. The van der Waals surface area contributed by atoms with Crippen molar-refractivity contribution in [1.82, 2.24) is 4.90 Å². The Morgan fingerprint density at radius 1 is 0.941 bits per heavy atom. The SMILES string of the molecule is O=C(c1ccccc1)N1C[C@H]1c1ccccc1. The zero-order valence-electron chi connectivity index (χ0n) is 9.41. The number of carbonyl (C=O) groups is 1. The molecule has 0 aromatic heterocycles. The molecule has 0 unspecified atom stereocenters. The topological polar surface area (TPSA) is 20.1 Å². The van der Waals surface area contributed by atoms with Crippen LogP contribution in [0.1, 0.15) is 22.0 Å². The van der Waals surface area contributed by atoms with Crippen LogP contribution in [-0.4, -0.2) is 17.4 Å². The number of carbonyl (C=O) groups excluding carboxylic acids is 1. The van der Waals surface area contributed by atoms with Gasteiger partial charge >= 0.3 is 0 Å². The molecule has 1 saturated heterocycles. The van der Waals surface area contributed by atoms with Crippen molar-refractivity contribution in [3.63, 3.8) is 0 Å². The lowest BCUT2D eigenvalue weighted by molar-refractivity contribution is 0.0874. The molecule has 0 bridgehead atoms. The van der Waals surface area contributed by atoms with Gasteiger partial charge in [-0.05, 0) is 17.7 Å². The Bertz CT molecular complexity index is 521. The molecular weight excluding hydrogens is 210 g/mol. The number of hydrogen-bond acceptors (Lipinski definition) is 1. The number of hydrogen-bond donors (Lipinski definition) is 0. The molecule has 1 heterocycles. The number of nitrogens with zero attached hydrogens (tertiary/aromatic N) is 1. The predicted octanol–water partition coefficient (Wildman–Crippen LogP) is 2.88. The molecule has 1 fully saturated rings. The Labute approximate surface area is 100 Å². The van der Waals surface area contributed by atoms with E-state index in [0.29, 0.717) is 0 Å². The summed E-state index contributed by atoms with van der Waals surface area (Å²) in [5.41, 5.74) is 1.99. The molecule has 3 rings (SSSR count). The van der Waals surface area contributed by atoms with Crippen LogP contribution in [0.25, 0.3) is 0 Å². The summed E-state index contributed by atoms with van der Waals surface area (Å²) < 4.78 is 0. The van der Waals surface area contributed by atoms with E-state index in [0.717, 1.165) is 12.1 Å². The maximum atomic E-state index is 12.1. The third kappa shape index (κ3) is 1.94. The van der Waals surface area contributed by atoms with Crippen LogP contribution in [-0.2, 0) is 0 Å². The van der Waals surface area contributed by atoms with Crippen LogP contribution in [0.3, 0.4) is 0 Å². The highest BCUT2D eigenvalue weighted by atomic mass is 16.2. The van der Waals surface area contributed by atoms with Gasteiger partial charge in [0.2, 0.25) is 0 Å². The summed E-state index contributed by atoms with van der Waals surface area (Å²) >= 11 is 0. The molecule has 17 heavy (non-hydrogen) atoms. The molecule has 0 saturated carbocycles. The van der Waals surface area contributed by atoms with Gasteiger partial charge < -0.3 is 4.90 Å². The summed E-state index contributed by atoms with van der Waals surface area (Å²) in [6, 6.07) is 19.9. The second-order valence-corrected chi connectivity index (χ2v) is 4.25. The fourth-order valence-electron chi connectivity index (χ4n) is 2.07. The van der Waals surface area contributed by atoms with E-state index in [1.165, 1.54) is 5.56 Å². The third-order valence-corrected chi connectivity index (χ3v) is 3.08. The number of benzene rings is 2. The zero-order valence-corrected chi connectivity index (χ0v) is 9.41. The quantitative estimate of drug-likeness (QED) is 0.717. The van der Waals surface area contributed by atoms with Crippen molar-refractivity contribution >= 4 is 5.91 Å². The first kappa shape index (κ1) is 10.1. The lowest BCUT2D eigenvalue weighted by atomic mass is 10.1. The highest BCUT2D eigenvalue weighted by molar-refractivity contribution is 5.96. The van der Waals surface area contributed by atoms with E-state index in [-0.39, 0.29) is 11.9 Å². The van der Waals surface area contributed by atoms with Crippen LogP contribution in [0, 0.1) is 0 Å². The summed E-state index contributed by atoms with van der Waals surface area (Å²) in [7, 11) is 0. The predicted molar refractivity (Wildman–Crippen MR) is 66.7 cm³/mol. The number of rotatable bonds is 2. The zero-order chi connectivity index (χ0) is 11.7. The van der Waals surface area contributed by atoms with Crippen molar-refractivity contribution in [3.05, 3.63) is 71.8 Å². The highest BCUT2D eigenvalue weighted by Gasteiger charge is 2.39. The van der Waals surface area contributed by atoms with Crippen molar-refractivity contribution in [3.8, 4) is 0 Å². The van der Waals surface area contributed by atoms with Crippen molar-refractivity contribution in [1.29, 1.82) is 0 Å². The van der Waals surface area contributed by atoms with Gasteiger partial charge in [0.05, 0.1) is 6.04 Å². The third-order valence-electron chi connectivity index (χ3n) is 3.08. The Balaban J connectivity index is 1.76. The average Bonchev–Trinajstić information content (AvgIpc) is 3.20. The summed E-state index contributed by atoms with van der Waals surface area (Å²) in [4.78, 5) is 14.0. The van der Waals surface area contributed by atoms with Gasteiger partial charge in [0.25, 0.3) is 5.91 Å². The van der Waals surface area contributed by atoms with Gasteiger partial charge in [-0.2, -0.15) is 0 Å². The smallest absolute Gasteiger partial charge is 0.254 e. The molecule has 0 aliphatic carbocycles. The molecule has 84 valence electrons. The Morgan fingerprint density at radius 2 is 1.53 bits per heavy atom. The molecule has 1 aliphatic rings. The van der Waals surface area contributed by atoms with Gasteiger partial charge in [0.1, 0.15) is 0 Å². The molecule has 0 radical (unpaired) electrons. The van der Waals surface area contributed by atoms with E-state index >= 15 is 0 Å². The molecule has 1 aliphatic heterocycles. The van der Waals surface area contributed by atoms with Gasteiger partial charge in [0, 0.05) is 12.1 Å². The normalized spacial score (nSPS) is 17.9. The van der Waals surface area contributed by atoms with E-state index in [1.807, 2.05) is 53.4 Å². The Morgan fingerprint density at radius 3 is 2.18 bits per heavy atom. The fourth-order valence-corrected chi connectivity index (χ4v) is 2.07. The molecule has 2 aromatic carbocycles. The minimum atomic E-state index is 0.124. The first-order valence-corrected chi connectivity index (χ1v) is 5.77. The molecule has 0 N–H and O–H groups in total. The van der Waals surface area contributed by atoms with Crippen LogP contribution in [0.15, 0.2) is 60.7 Å². The fraction of sp³-hybridized carbons (Fsp3) is 0.133. The van der Waals surface area contributed by atoms with Gasteiger partial charge in [-0.15, -0.1) is 0 Å². The maximum Gasteiger partial charge on any atom is 0.254 e. The second-order valence-electron chi connectivity index (χ2n) is 4.25. The van der Waals surface area contributed by atoms with E-state index in [2.05, 4.69) is 12.1 Å². The summed E-state index contributed by atoms with van der Waals surface area (Å²) in [6.07, 6.45) is 0. The minimum absolute atomic E-state index is 0.124. The monoisotopic (exact) mass is 223 g/mol. The second kappa shape index (κ2) is 4.06. The first-order valence-electron chi connectivity index (χ1n) is 5.77. The van der Waals surface area contributed by atoms with Crippen molar-refractivity contribution in [2.24, 2.45) is 0 Å². The lowest BCUT2D eigenvalue weighted by Gasteiger charge is -2.04. The summed E-state index contributed by atoms with van der Waals surface area (Å²) in [5, 5.41) is 0. The standard InChI is InChI=1S/C15H13NO/c17-15(13-9-5-2-6-10-13)16-11-14(16)12-7-3-1-4-8-12/h1-10,14H,11H2/t14-,16?/m0/s1. The largest absolute Gasteiger partial charge is 0.327 e. The van der Waals surface area contributed by atoms with Crippen molar-refractivity contribution in [2.45, 2.75) is 6.04 Å². The van der Waals surface area contributed by atoms with Gasteiger partial charge in [-0.1, -0.05) is 48.5 Å². The van der Waals surface area contributed by atoms with Gasteiger partial charge in [0.15, 0.2) is 0 Å². The van der Waals surface area contributed by atoms with Crippen LogP contribution in [0.2, 0.25) is 0 Å². The first-order chi connectivity index (χ1) is 8.36. The summed E-state index contributed by atoms with van der Waals surface area (Å²) in [5.74, 6) is 0.124. The van der Waals surface area contributed by atoms with Crippen molar-refractivity contribution in [2.75, 3.05) is 6.54 Å². The molecule has 2 aromatic rings. The molecule has 0 spiro atoms. The minimum Gasteiger partial charge on any atom is -0.327 e. The van der Waals surface area contributed by atoms with E-state index in [9.17, 15) is 4.79 Å². The Kier molecular flexibility index (Phi) is 2.41. The highest BCUT2D eigenvalue weighted by Crippen LogP contribution is 2.35. The van der Waals surface area contributed by atoms with Crippen LogP contribution in [0.4, 0.5) is 0 Å². The van der Waals surface area contributed by atoms with Crippen molar-refractivity contribution < 1.29 is 4.79 Å². The average molecular weight is 223 g/mol.